The lowest BCUT2D eigenvalue weighted by Gasteiger charge is -2.14. The second-order valence-electron chi connectivity index (χ2n) is 4.70. The smallest absolute Gasteiger partial charge is 0.0945 e. The number of aliphatic hydroxyl groups excluding tert-OH is 1. The van der Waals surface area contributed by atoms with Crippen molar-refractivity contribution < 1.29 is 14.6 Å². The molecule has 0 radical (unpaired) electrons. The molecule has 120 valence electrons. The van der Waals surface area contributed by atoms with Gasteiger partial charge in [-0.25, -0.2) is 0 Å². The topological polar surface area (TPSA) is 50.7 Å². The molecule has 0 saturated heterocycles. The third-order valence-electron chi connectivity index (χ3n) is 2.78. The van der Waals surface area contributed by atoms with Gasteiger partial charge in [0, 0.05) is 16.7 Å². The Morgan fingerprint density at radius 3 is 2.76 bits per heavy atom. The maximum absolute atomic E-state index is 9.82. The van der Waals surface area contributed by atoms with Gasteiger partial charge in [0.25, 0.3) is 0 Å². The van der Waals surface area contributed by atoms with Crippen molar-refractivity contribution in [3.8, 4) is 0 Å². The number of hydrogen-bond acceptors (Lipinski definition) is 4. The van der Waals surface area contributed by atoms with E-state index in [0.717, 1.165) is 28.7 Å². The summed E-state index contributed by atoms with van der Waals surface area (Å²) in [4.78, 5) is 0. The first-order valence-corrected chi connectivity index (χ1v) is 8.61. The van der Waals surface area contributed by atoms with Crippen molar-refractivity contribution in [1.29, 1.82) is 0 Å². The summed E-state index contributed by atoms with van der Waals surface area (Å²) in [5.74, 6) is 0. The third kappa shape index (κ3) is 8.83. The van der Waals surface area contributed by atoms with Gasteiger partial charge in [-0.2, -0.15) is 0 Å². The highest BCUT2D eigenvalue weighted by molar-refractivity contribution is 14.1. The summed E-state index contributed by atoms with van der Waals surface area (Å²) in [5, 5.41) is 13.6. The second kappa shape index (κ2) is 11.5. The second-order valence-corrected chi connectivity index (χ2v) is 6.35. The first-order chi connectivity index (χ1) is 10.1. The molecule has 0 aromatic heterocycles. The molecule has 21 heavy (non-hydrogen) atoms. The Hall–Kier alpha value is -0.0800. The van der Waals surface area contributed by atoms with Crippen LogP contribution in [0.5, 0.6) is 0 Å². The molecule has 0 spiro atoms. The molecule has 0 aliphatic heterocycles. The monoisotopic (exact) mass is 427 g/mol. The van der Waals surface area contributed by atoms with Crippen LogP contribution in [0.25, 0.3) is 0 Å². The van der Waals surface area contributed by atoms with Gasteiger partial charge in [0.05, 0.1) is 36.6 Å². The van der Waals surface area contributed by atoms with E-state index in [1.54, 1.807) is 0 Å². The van der Waals surface area contributed by atoms with Crippen LogP contribution < -0.4 is 5.32 Å². The van der Waals surface area contributed by atoms with E-state index < -0.39 is 6.10 Å². The minimum atomic E-state index is -0.573. The van der Waals surface area contributed by atoms with Crippen LogP contribution in [0.4, 0.5) is 5.69 Å². The number of hydrogen-bond donors (Lipinski definition) is 2. The fourth-order valence-electron chi connectivity index (χ4n) is 1.61. The predicted molar refractivity (Wildman–Crippen MR) is 95.2 cm³/mol. The van der Waals surface area contributed by atoms with Crippen molar-refractivity contribution in [3.05, 3.63) is 26.8 Å². The van der Waals surface area contributed by atoms with Crippen LogP contribution in [0.1, 0.15) is 19.8 Å². The normalized spacial score (nSPS) is 12.4. The van der Waals surface area contributed by atoms with Crippen LogP contribution in [0.2, 0.25) is 5.02 Å². The fraction of sp³-hybridized carbons (Fsp3) is 0.600. The van der Waals surface area contributed by atoms with E-state index in [1.807, 2.05) is 18.2 Å². The number of nitrogens with one attached hydrogen (secondary N) is 1. The van der Waals surface area contributed by atoms with E-state index >= 15 is 0 Å². The third-order valence-corrected chi connectivity index (χ3v) is 3.77. The zero-order valence-corrected chi connectivity index (χ0v) is 15.2. The standard InChI is InChI=1S/C15H23ClINO3/c1-2-3-6-20-7-8-21-11-13(19)10-18-15-5-4-12(17)9-14(15)16/h4-5,9,13,18-19H,2-3,6-8,10-11H2,1H3. The molecule has 0 aliphatic carbocycles. The highest BCUT2D eigenvalue weighted by atomic mass is 127. The van der Waals surface area contributed by atoms with Gasteiger partial charge in [0.15, 0.2) is 0 Å². The molecule has 0 aliphatic rings. The van der Waals surface area contributed by atoms with Crippen LogP contribution in [0.3, 0.4) is 0 Å². The Kier molecular flexibility index (Phi) is 10.4. The Labute approximate surface area is 145 Å². The van der Waals surface area contributed by atoms with Crippen LogP contribution in [-0.2, 0) is 9.47 Å². The van der Waals surface area contributed by atoms with Crippen LogP contribution in [-0.4, -0.2) is 44.2 Å². The molecule has 6 heteroatoms. The lowest BCUT2D eigenvalue weighted by molar-refractivity contribution is 0.00749. The van der Waals surface area contributed by atoms with Crippen molar-refractivity contribution in [2.24, 2.45) is 0 Å². The number of benzene rings is 1. The number of ether oxygens (including phenoxy) is 2. The molecule has 4 nitrogen and oxygen atoms in total. The molecule has 0 saturated carbocycles. The first-order valence-electron chi connectivity index (χ1n) is 7.16. The van der Waals surface area contributed by atoms with Crippen molar-refractivity contribution in [1.82, 2.24) is 0 Å². The molecule has 1 aromatic rings. The van der Waals surface area contributed by atoms with Crippen molar-refractivity contribution in [2.75, 3.05) is 38.3 Å². The van der Waals surface area contributed by atoms with E-state index in [0.29, 0.717) is 24.8 Å². The minimum Gasteiger partial charge on any atom is -0.389 e. The highest BCUT2D eigenvalue weighted by Crippen LogP contribution is 2.23. The Bertz CT molecular complexity index is 407. The molecule has 1 aromatic carbocycles. The first kappa shape index (κ1) is 19.0. The Morgan fingerprint density at radius 2 is 2.05 bits per heavy atom. The number of halogens is 2. The molecular formula is C15H23ClINO3. The highest BCUT2D eigenvalue weighted by Gasteiger charge is 2.06. The number of rotatable bonds is 11. The Morgan fingerprint density at radius 1 is 1.29 bits per heavy atom. The molecule has 1 rings (SSSR count). The zero-order chi connectivity index (χ0) is 15.5. The quantitative estimate of drug-likeness (QED) is 0.419. The van der Waals surface area contributed by atoms with E-state index in [9.17, 15) is 5.11 Å². The maximum Gasteiger partial charge on any atom is 0.0945 e. The summed E-state index contributed by atoms with van der Waals surface area (Å²) < 4.78 is 11.8. The minimum absolute atomic E-state index is 0.284. The molecule has 0 fully saturated rings. The van der Waals surface area contributed by atoms with Crippen LogP contribution in [0, 0.1) is 3.57 Å². The van der Waals surface area contributed by atoms with Gasteiger partial charge < -0.3 is 19.9 Å². The van der Waals surface area contributed by atoms with Crippen molar-refractivity contribution in [3.63, 3.8) is 0 Å². The van der Waals surface area contributed by atoms with Gasteiger partial charge in [0.1, 0.15) is 0 Å². The largest absolute Gasteiger partial charge is 0.389 e. The number of anilines is 1. The molecule has 1 unspecified atom stereocenters. The molecule has 0 heterocycles. The zero-order valence-electron chi connectivity index (χ0n) is 12.3. The van der Waals surface area contributed by atoms with Crippen molar-refractivity contribution >= 4 is 39.9 Å². The maximum atomic E-state index is 9.82. The lowest BCUT2D eigenvalue weighted by Crippen LogP contribution is -2.25. The molecule has 0 amide bonds. The molecule has 0 bridgehead atoms. The van der Waals surface area contributed by atoms with E-state index in [-0.39, 0.29) is 6.61 Å². The summed E-state index contributed by atoms with van der Waals surface area (Å²) in [7, 11) is 0. The van der Waals surface area contributed by atoms with E-state index in [1.165, 1.54) is 0 Å². The summed E-state index contributed by atoms with van der Waals surface area (Å²) in [6, 6.07) is 5.74. The van der Waals surface area contributed by atoms with E-state index in [4.69, 9.17) is 21.1 Å². The summed E-state index contributed by atoms with van der Waals surface area (Å²) >= 11 is 8.31. The lowest BCUT2D eigenvalue weighted by atomic mass is 10.3. The van der Waals surface area contributed by atoms with Crippen LogP contribution >= 0.6 is 34.2 Å². The SMILES string of the molecule is CCCCOCCOCC(O)CNc1ccc(I)cc1Cl. The van der Waals surface area contributed by atoms with Crippen LogP contribution in [0.15, 0.2) is 18.2 Å². The summed E-state index contributed by atoms with van der Waals surface area (Å²) in [6.07, 6.45) is 1.63. The van der Waals surface area contributed by atoms with Gasteiger partial charge in [-0.3, -0.25) is 0 Å². The van der Waals surface area contributed by atoms with Gasteiger partial charge in [-0.05, 0) is 47.2 Å². The number of aliphatic hydroxyl groups is 1. The van der Waals surface area contributed by atoms with Crippen molar-refractivity contribution in [2.45, 2.75) is 25.9 Å². The van der Waals surface area contributed by atoms with Gasteiger partial charge in [-0.15, -0.1) is 0 Å². The van der Waals surface area contributed by atoms with E-state index in [2.05, 4.69) is 34.8 Å². The van der Waals surface area contributed by atoms with Gasteiger partial charge >= 0.3 is 0 Å². The number of unbranched alkanes of at least 4 members (excludes halogenated alkanes) is 1. The molecular weight excluding hydrogens is 405 g/mol. The average molecular weight is 428 g/mol. The average Bonchev–Trinajstić information content (AvgIpc) is 2.45. The van der Waals surface area contributed by atoms with Gasteiger partial charge in [0.2, 0.25) is 0 Å². The predicted octanol–water partition coefficient (Wildman–Crippen LogP) is 3.55. The summed E-state index contributed by atoms with van der Waals surface area (Å²) in [5.41, 5.74) is 0.819. The molecule has 2 N–H and O–H groups in total. The Balaban J connectivity index is 2.09. The van der Waals surface area contributed by atoms with Gasteiger partial charge in [-0.1, -0.05) is 24.9 Å². The summed E-state index contributed by atoms with van der Waals surface area (Å²) in [6.45, 7) is 4.66. The fourth-order valence-corrected chi connectivity index (χ4v) is 2.53. The molecule has 1 atom stereocenters.